The molecule has 0 aliphatic rings. The minimum atomic E-state index is 0.876. The van der Waals surface area contributed by atoms with Gasteiger partial charge in [-0.2, -0.15) is 0 Å². The number of ether oxygens (including phenoxy) is 1. The van der Waals surface area contributed by atoms with Gasteiger partial charge in [-0.15, -0.1) is 0 Å². The van der Waals surface area contributed by atoms with Crippen LogP contribution in [0.1, 0.15) is 11.1 Å². The van der Waals surface area contributed by atoms with Crippen molar-refractivity contribution >= 4 is 0 Å². The monoisotopic (exact) mass is 198 g/mol. The first-order valence-electron chi connectivity index (χ1n) is 5.06. The second-order valence-electron chi connectivity index (χ2n) is 3.66. The molecule has 2 aromatic carbocycles. The zero-order chi connectivity index (χ0) is 10.7. The van der Waals surface area contributed by atoms with Crippen LogP contribution in [0, 0.1) is 13.8 Å². The van der Waals surface area contributed by atoms with Gasteiger partial charge in [0, 0.05) is 0 Å². The fourth-order valence-corrected chi connectivity index (χ4v) is 1.40. The Bertz CT molecular complexity index is 446. The van der Waals surface area contributed by atoms with E-state index in [4.69, 9.17) is 4.74 Å². The van der Waals surface area contributed by atoms with Crippen LogP contribution < -0.4 is 4.74 Å². The molecular weight excluding hydrogens is 184 g/mol. The van der Waals surface area contributed by atoms with Crippen LogP contribution in [0.15, 0.2) is 48.5 Å². The highest BCUT2D eigenvalue weighted by atomic mass is 16.5. The van der Waals surface area contributed by atoms with E-state index in [1.807, 2.05) is 36.4 Å². The highest BCUT2D eigenvalue weighted by Gasteiger charge is 1.98. The van der Waals surface area contributed by atoms with Crippen molar-refractivity contribution in [3.05, 3.63) is 59.7 Å². The molecule has 0 saturated heterocycles. The van der Waals surface area contributed by atoms with Crippen molar-refractivity contribution in [2.45, 2.75) is 13.8 Å². The largest absolute Gasteiger partial charge is 0.457 e. The second kappa shape index (κ2) is 4.18. The van der Waals surface area contributed by atoms with Gasteiger partial charge in [0.1, 0.15) is 11.5 Å². The molecule has 0 radical (unpaired) electrons. The molecule has 0 aromatic heterocycles. The number of hydrogen-bond donors (Lipinski definition) is 0. The standard InChI is InChI=1S/C14H14O/c1-11-8-9-14(10-12(11)2)15-13-6-4-3-5-7-13/h3-10H,1-2H3. The Morgan fingerprint density at radius 3 is 2.13 bits per heavy atom. The smallest absolute Gasteiger partial charge is 0.127 e. The Balaban J connectivity index is 2.22. The van der Waals surface area contributed by atoms with Gasteiger partial charge in [0.2, 0.25) is 0 Å². The summed E-state index contributed by atoms with van der Waals surface area (Å²) in [5, 5.41) is 0. The molecule has 0 aliphatic heterocycles. The third kappa shape index (κ3) is 2.38. The summed E-state index contributed by atoms with van der Waals surface area (Å²) in [7, 11) is 0. The Morgan fingerprint density at radius 1 is 0.733 bits per heavy atom. The first kappa shape index (κ1) is 9.78. The molecule has 0 N–H and O–H groups in total. The third-order valence-corrected chi connectivity index (χ3v) is 2.46. The molecule has 0 amide bonds. The van der Waals surface area contributed by atoms with Gasteiger partial charge >= 0.3 is 0 Å². The van der Waals surface area contributed by atoms with Crippen molar-refractivity contribution in [2.24, 2.45) is 0 Å². The van der Waals surface area contributed by atoms with Gasteiger partial charge in [0.25, 0.3) is 0 Å². The normalized spacial score (nSPS) is 10.0. The van der Waals surface area contributed by atoms with Crippen LogP contribution in [0.3, 0.4) is 0 Å². The van der Waals surface area contributed by atoms with Crippen molar-refractivity contribution in [3.8, 4) is 11.5 Å². The molecular formula is C14H14O. The lowest BCUT2D eigenvalue weighted by Gasteiger charge is -2.07. The van der Waals surface area contributed by atoms with E-state index >= 15 is 0 Å². The van der Waals surface area contributed by atoms with Crippen LogP contribution in [-0.2, 0) is 0 Å². The Morgan fingerprint density at radius 2 is 1.47 bits per heavy atom. The molecule has 0 bridgehead atoms. The van der Waals surface area contributed by atoms with Gasteiger partial charge < -0.3 is 4.74 Å². The molecule has 0 unspecified atom stereocenters. The fourth-order valence-electron chi connectivity index (χ4n) is 1.40. The second-order valence-corrected chi connectivity index (χ2v) is 3.66. The first-order chi connectivity index (χ1) is 7.25. The maximum Gasteiger partial charge on any atom is 0.127 e. The molecule has 15 heavy (non-hydrogen) atoms. The van der Waals surface area contributed by atoms with E-state index in [0.29, 0.717) is 0 Å². The fraction of sp³-hybridized carbons (Fsp3) is 0.143. The molecule has 1 heteroatoms. The number of rotatable bonds is 2. The molecule has 0 saturated carbocycles. The molecule has 0 spiro atoms. The lowest BCUT2D eigenvalue weighted by Crippen LogP contribution is -1.86. The summed E-state index contributed by atoms with van der Waals surface area (Å²) < 4.78 is 5.71. The lowest BCUT2D eigenvalue weighted by atomic mass is 10.1. The zero-order valence-corrected chi connectivity index (χ0v) is 9.03. The topological polar surface area (TPSA) is 9.23 Å². The van der Waals surface area contributed by atoms with Gasteiger partial charge in [0.05, 0.1) is 0 Å². The lowest BCUT2D eigenvalue weighted by molar-refractivity contribution is 0.482. The summed E-state index contributed by atoms with van der Waals surface area (Å²) in [6.07, 6.45) is 0. The Hall–Kier alpha value is -1.76. The number of hydrogen-bond acceptors (Lipinski definition) is 1. The van der Waals surface area contributed by atoms with Crippen LogP contribution in [0.5, 0.6) is 11.5 Å². The van der Waals surface area contributed by atoms with Gasteiger partial charge in [-0.25, -0.2) is 0 Å². The maximum atomic E-state index is 5.71. The van der Waals surface area contributed by atoms with E-state index in [2.05, 4.69) is 26.0 Å². The van der Waals surface area contributed by atoms with Crippen LogP contribution in [0.25, 0.3) is 0 Å². The van der Waals surface area contributed by atoms with Crippen molar-refractivity contribution in [1.29, 1.82) is 0 Å². The summed E-state index contributed by atoms with van der Waals surface area (Å²) in [5.74, 6) is 1.77. The Kier molecular flexibility index (Phi) is 2.72. The summed E-state index contributed by atoms with van der Waals surface area (Å²) in [5.41, 5.74) is 2.54. The first-order valence-corrected chi connectivity index (χ1v) is 5.06. The number of para-hydroxylation sites is 1. The molecule has 0 heterocycles. The van der Waals surface area contributed by atoms with Gasteiger partial charge in [-0.1, -0.05) is 24.3 Å². The van der Waals surface area contributed by atoms with Crippen molar-refractivity contribution < 1.29 is 4.74 Å². The Labute approximate surface area is 90.3 Å². The molecule has 1 nitrogen and oxygen atoms in total. The molecule has 76 valence electrons. The molecule has 0 fully saturated rings. The van der Waals surface area contributed by atoms with E-state index < -0.39 is 0 Å². The highest BCUT2D eigenvalue weighted by Crippen LogP contribution is 2.22. The van der Waals surface area contributed by atoms with Crippen LogP contribution in [0.2, 0.25) is 0 Å². The minimum Gasteiger partial charge on any atom is -0.457 e. The third-order valence-electron chi connectivity index (χ3n) is 2.46. The molecule has 2 rings (SSSR count). The summed E-state index contributed by atoms with van der Waals surface area (Å²) in [6.45, 7) is 4.19. The quantitative estimate of drug-likeness (QED) is 0.706. The van der Waals surface area contributed by atoms with Gasteiger partial charge in [-0.3, -0.25) is 0 Å². The summed E-state index contributed by atoms with van der Waals surface area (Å²) in [4.78, 5) is 0. The van der Waals surface area contributed by atoms with Crippen LogP contribution >= 0.6 is 0 Å². The van der Waals surface area contributed by atoms with E-state index in [1.165, 1.54) is 11.1 Å². The number of benzene rings is 2. The molecule has 2 aromatic rings. The van der Waals surface area contributed by atoms with E-state index in [9.17, 15) is 0 Å². The van der Waals surface area contributed by atoms with E-state index in [0.717, 1.165) is 11.5 Å². The maximum absolute atomic E-state index is 5.71. The predicted octanol–water partition coefficient (Wildman–Crippen LogP) is 4.10. The van der Waals surface area contributed by atoms with Gasteiger partial charge in [-0.05, 0) is 49.2 Å². The van der Waals surface area contributed by atoms with E-state index in [1.54, 1.807) is 0 Å². The van der Waals surface area contributed by atoms with E-state index in [-0.39, 0.29) is 0 Å². The molecule has 0 aliphatic carbocycles. The van der Waals surface area contributed by atoms with Crippen molar-refractivity contribution in [3.63, 3.8) is 0 Å². The van der Waals surface area contributed by atoms with Crippen LogP contribution in [0.4, 0.5) is 0 Å². The van der Waals surface area contributed by atoms with Crippen molar-refractivity contribution in [2.75, 3.05) is 0 Å². The zero-order valence-electron chi connectivity index (χ0n) is 9.03. The van der Waals surface area contributed by atoms with Crippen LogP contribution in [-0.4, -0.2) is 0 Å². The highest BCUT2D eigenvalue weighted by molar-refractivity contribution is 5.37. The molecule has 0 atom stereocenters. The van der Waals surface area contributed by atoms with Gasteiger partial charge in [0.15, 0.2) is 0 Å². The van der Waals surface area contributed by atoms with Crippen molar-refractivity contribution in [1.82, 2.24) is 0 Å². The minimum absolute atomic E-state index is 0.876. The summed E-state index contributed by atoms with van der Waals surface area (Å²) in [6, 6.07) is 16.0. The average molecular weight is 198 g/mol. The SMILES string of the molecule is Cc1ccc(Oc2ccccc2)cc1C. The average Bonchev–Trinajstić information content (AvgIpc) is 2.25. The number of aryl methyl sites for hydroxylation is 2. The summed E-state index contributed by atoms with van der Waals surface area (Å²) >= 11 is 0. The predicted molar refractivity (Wildman–Crippen MR) is 62.4 cm³/mol.